The minimum atomic E-state index is 0.206. The Bertz CT molecular complexity index is 392. The van der Waals surface area contributed by atoms with Crippen molar-refractivity contribution in [2.75, 3.05) is 32.7 Å². The summed E-state index contributed by atoms with van der Waals surface area (Å²) in [6.07, 6.45) is 0.950. The molecule has 0 heterocycles. The van der Waals surface area contributed by atoms with Crippen LogP contribution in [0.3, 0.4) is 0 Å². The molecule has 4 nitrogen and oxygen atoms in total. The lowest BCUT2D eigenvalue weighted by Crippen LogP contribution is -2.26. The number of anilines is 1. The molecule has 1 rings (SSSR count). The quantitative estimate of drug-likeness (QED) is 0.843. The summed E-state index contributed by atoms with van der Waals surface area (Å²) in [4.78, 5) is 2.18. The molecule has 102 valence electrons. The van der Waals surface area contributed by atoms with E-state index in [0.717, 1.165) is 35.7 Å². The van der Waals surface area contributed by atoms with Gasteiger partial charge in [0.25, 0.3) is 0 Å². The molecule has 18 heavy (non-hydrogen) atoms. The average Bonchev–Trinajstić information content (AvgIpc) is 2.34. The van der Waals surface area contributed by atoms with Crippen LogP contribution in [0.4, 0.5) is 5.69 Å². The number of ether oxygens (including phenoxy) is 2. The lowest BCUT2D eigenvalue weighted by Gasteiger charge is -2.25. The number of methoxy groups -OCH3 is 2. The minimum absolute atomic E-state index is 0.206. The fourth-order valence-corrected chi connectivity index (χ4v) is 1.99. The van der Waals surface area contributed by atoms with Crippen LogP contribution < -0.4 is 20.1 Å². The second-order valence-electron chi connectivity index (χ2n) is 4.68. The van der Waals surface area contributed by atoms with Crippen LogP contribution in [0.25, 0.3) is 0 Å². The molecule has 0 saturated heterocycles. The molecule has 0 fully saturated rings. The van der Waals surface area contributed by atoms with Crippen molar-refractivity contribution in [1.29, 1.82) is 0 Å². The molecular weight excluding hydrogens is 228 g/mol. The topological polar surface area (TPSA) is 47.7 Å². The molecule has 0 aliphatic rings. The van der Waals surface area contributed by atoms with Gasteiger partial charge in [-0.05, 0) is 31.9 Å². The van der Waals surface area contributed by atoms with Crippen LogP contribution in [0.2, 0.25) is 0 Å². The first-order valence-electron chi connectivity index (χ1n) is 6.19. The van der Waals surface area contributed by atoms with E-state index in [1.807, 2.05) is 19.1 Å². The summed E-state index contributed by atoms with van der Waals surface area (Å²) in [6.45, 7) is 4.98. The molecular formula is C14H24N2O2. The predicted molar refractivity (Wildman–Crippen MR) is 75.8 cm³/mol. The third kappa shape index (κ3) is 3.53. The second-order valence-corrected chi connectivity index (χ2v) is 4.68. The maximum atomic E-state index is 5.80. The van der Waals surface area contributed by atoms with E-state index in [1.165, 1.54) is 0 Å². The van der Waals surface area contributed by atoms with Gasteiger partial charge in [0.2, 0.25) is 0 Å². The van der Waals surface area contributed by atoms with Gasteiger partial charge in [-0.25, -0.2) is 0 Å². The van der Waals surface area contributed by atoms with Crippen LogP contribution in [0, 0.1) is 6.92 Å². The molecule has 0 radical (unpaired) electrons. The largest absolute Gasteiger partial charge is 0.497 e. The Hall–Kier alpha value is -1.42. The van der Waals surface area contributed by atoms with E-state index in [4.69, 9.17) is 15.2 Å². The normalized spacial score (nSPS) is 12.1. The fraction of sp³-hybridized carbons (Fsp3) is 0.571. The van der Waals surface area contributed by atoms with E-state index in [2.05, 4.69) is 18.9 Å². The SMILES string of the molecule is COc1cc(C)c(N(C)CCC(C)N)c(OC)c1. The zero-order valence-corrected chi connectivity index (χ0v) is 12.0. The summed E-state index contributed by atoms with van der Waals surface area (Å²) in [5.74, 6) is 1.65. The lowest BCUT2D eigenvalue weighted by molar-refractivity contribution is 0.394. The molecule has 1 aromatic rings. The van der Waals surface area contributed by atoms with E-state index >= 15 is 0 Å². The minimum Gasteiger partial charge on any atom is -0.497 e. The maximum absolute atomic E-state index is 5.80. The summed E-state index contributed by atoms with van der Waals surface area (Å²) in [5.41, 5.74) is 8.03. The zero-order chi connectivity index (χ0) is 13.7. The molecule has 1 atom stereocenters. The fourth-order valence-electron chi connectivity index (χ4n) is 1.99. The van der Waals surface area contributed by atoms with Gasteiger partial charge >= 0.3 is 0 Å². The van der Waals surface area contributed by atoms with Crippen LogP contribution in [0.15, 0.2) is 12.1 Å². The highest BCUT2D eigenvalue weighted by Crippen LogP contribution is 2.35. The highest BCUT2D eigenvalue weighted by atomic mass is 16.5. The van der Waals surface area contributed by atoms with Gasteiger partial charge in [-0.1, -0.05) is 0 Å². The van der Waals surface area contributed by atoms with Crippen LogP contribution in [-0.4, -0.2) is 33.9 Å². The summed E-state index contributed by atoms with van der Waals surface area (Å²) in [6, 6.07) is 4.13. The number of hydrogen-bond donors (Lipinski definition) is 1. The number of benzene rings is 1. The first-order chi connectivity index (χ1) is 8.49. The van der Waals surface area contributed by atoms with Gasteiger partial charge in [-0.3, -0.25) is 0 Å². The van der Waals surface area contributed by atoms with E-state index in [0.29, 0.717) is 0 Å². The molecule has 1 aromatic carbocycles. The second kappa shape index (κ2) is 6.50. The van der Waals surface area contributed by atoms with Gasteiger partial charge in [0.1, 0.15) is 11.5 Å². The molecule has 0 amide bonds. The highest BCUT2D eigenvalue weighted by molar-refractivity contribution is 5.65. The number of hydrogen-bond acceptors (Lipinski definition) is 4. The van der Waals surface area contributed by atoms with Crippen molar-refractivity contribution in [3.05, 3.63) is 17.7 Å². The lowest BCUT2D eigenvalue weighted by atomic mass is 10.1. The first-order valence-corrected chi connectivity index (χ1v) is 6.19. The molecule has 0 aromatic heterocycles. The number of nitrogens with zero attached hydrogens (tertiary/aromatic N) is 1. The third-order valence-electron chi connectivity index (χ3n) is 3.00. The summed E-state index contributed by atoms with van der Waals surface area (Å²) >= 11 is 0. The maximum Gasteiger partial charge on any atom is 0.146 e. The third-order valence-corrected chi connectivity index (χ3v) is 3.00. The Kier molecular flexibility index (Phi) is 5.28. The predicted octanol–water partition coefficient (Wildman–Crippen LogP) is 2.19. The Morgan fingerprint density at radius 1 is 1.28 bits per heavy atom. The van der Waals surface area contributed by atoms with Crippen LogP contribution in [-0.2, 0) is 0 Å². The molecule has 2 N–H and O–H groups in total. The van der Waals surface area contributed by atoms with Gasteiger partial charge in [0.15, 0.2) is 0 Å². The summed E-state index contributed by atoms with van der Waals surface area (Å²) < 4.78 is 10.7. The van der Waals surface area contributed by atoms with E-state index < -0.39 is 0 Å². The summed E-state index contributed by atoms with van der Waals surface area (Å²) in [7, 11) is 5.39. The molecule has 4 heteroatoms. The van der Waals surface area contributed by atoms with Crippen LogP contribution in [0.1, 0.15) is 18.9 Å². The van der Waals surface area contributed by atoms with Gasteiger partial charge < -0.3 is 20.1 Å². The number of rotatable bonds is 6. The first kappa shape index (κ1) is 14.6. The van der Waals surface area contributed by atoms with Crippen LogP contribution in [0.5, 0.6) is 11.5 Å². The van der Waals surface area contributed by atoms with Crippen molar-refractivity contribution in [3.63, 3.8) is 0 Å². The Morgan fingerprint density at radius 2 is 1.94 bits per heavy atom. The van der Waals surface area contributed by atoms with E-state index in [9.17, 15) is 0 Å². The number of aryl methyl sites for hydroxylation is 1. The van der Waals surface area contributed by atoms with Crippen molar-refractivity contribution in [3.8, 4) is 11.5 Å². The van der Waals surface area contributed by atoms with Crippen molar-refractivity contribution in [2.45, 2.75) is 26.3 Å². The van der Waals surface area contributed by atoms with Crippen molar-refractivity contribution < 1.29 is 9.47 Å². The summed E-state index contributed by atoms with van der Waals surface area (Å²) in [5, 5.41) is 0. The molecule has 0 aliphatic heterocycles. The highest BCUT2D eigenvalue weighted by Gasteiger charge is 2.13. The van der Waals surface area contributed by atoms with Gasteiger partial charge in [0, 0.05) is 25.7 Å². The van der Waals surface area contributed by atoms with Crippen molar-refractivity contribution in [1.82, 2.24) is 0 Å². The van der Waals surface area contributed by atoms with E-state index in [1.54, 1.807) is 14.2 Å². The Morgan fingerprint density at radius 3 is 2.44 bits per heavy atom. The zero-order valence-electron chi connectivity index (χ0n) is 12.0. The van der Waals surface area contributed by atoms with Crippen LogP contribution >= 0.6 is 0 Å². The monoisotopic (exact) mass is 252 g/mol. The Balaban J connectivity index is 2.99. The van der Waals surface area contributed by atoms with Crippen molar-refractivity contribution >= 4 is 5.69 Å². The molecule has 0 spiro atoms. The van der Waals surface area contributed by atoms with Gasteiger partial charge in [-0.2, -0.15) is 0 Å². The Labute approximate surface area is 110 Å². The van der Waals surface area contributed by atoms with E-state index in [-0.39, 0.29) is 6.04 Å². The standard InChI is InChI=1S/C14H24N2O2/c1-10-8-12(17-4)9-13(18-5)14(10)16(3)7-6-11(2)15/h8-9,11H,6-7,15H2,1-5H3. The molecule has 1 unspecified atom stereocenters. The molecule has 0 bridgehead atoms. The average molecular weight is 252 g/mol. The van der Waals surface area contributed by atoms with Gasteiger partial charge in [0.05, 0.1) is 19.9 Å². The van der Waals surface area contributed by atoms with Crippen molar-refractivity contribution in [2.24, 2.45) is 5.73 Å². The molecule has 0 saturated carbocycles. The smallest absolute Gasteiger partial charge is 0.146 e. The number of nitrogens with two attached hydrogens (primary N) is 1. The van der Waals surface area contributed by atoms with Gasteiger partial charge in [-0.15, -0.1) is 0 Å². The molecule has 0 aliphatic carbocycles.